The van der Waals surface area contributed by atoms with Crippen LogP contribution in [0.15, 0.2) is 48.5 Å². The van der Waals surface area contributed by atoms with E-state index < -0.39 is 0 Å². The van der Waals surface area contributed by atoms with Gasteiger partial charge in [0, 0.05) is 50.2 Å². The third-order valence-corrected chi connectivity index (χ3v) is 7.09. The van der Waals surface area contributed by atoms with Crippen LogP contribution in [0.25, 0.3) is 32.9 Å². The number of nitrogens with zero attached hydrogens (tertiary/aromatic N) is 1. The molecule has 1 aromatic heterocycles. The maximum absolute atomic E-state index is 12.9. The van der Waals surface area contributed by atoms with Crippen LogP contribution in [0.3, 0.4) is 0 Å². The van der Waals surface area contributed by atoms with Gasteiger partial charge in [-0.1, -0.05) is 46.9 Å². The van der Waals surface area contributed by atoms with Gasteiger partial charge in [-0.2, -0.15) is 0 Å². The van der Waals surface area contributed by atoms with Crippen LogP contribution in [-0.2, 0) is 4.74 Å². The zero-order valence-electron chi connectivity index (χ0n) is 21.9. The van der Waals surface area contributed by atoms with Gasteiger partial charge in [0.15, 0.2) is 0 Å². The van der Waals surface area contributed by atoms with E-state index in [0.29, 0.717) is 21.6 Å². The number of rotatable bonds is 5. The van der Waals surface area contributed by atoms with Crippen molar-refractivity contribution in [2.45, 2.75) is 52.6 Å². The minimum atomic E-state index is -0.368. The fourth-order valence-corrected chi connectivity index (χ4v) is 5.45. The van der Waals surface area contributed by atoms with Crippen molar-refractivity contribution in [3.8, 4) is 11.1 Å². The minimum Gasteiger partial charge on any atom is -0.448 e. The molecule has 0 atom stereocenters. The number of hydrogen-bond donors (Lipinski definition) is 2. The van der Waals surface area contributed by atoms with E-state index in [9.17, 15) is 4.79 Å². The van der Waals surface area contributed by atoms with Crippen LogP contribution < -0.4 is 5.32 Å². The predicted octanol–water partition coefficient (Wildman–Crippen LogP) is 9.40. The van der Waals surface area contributed by atoms with E-state index in [1.54, 1.807) is 11.0 Å². The quantitative estimate of drug-likeness (QED) is 0.239. The first-order valence-corrected chi connectivity index (χ1v) is 13.3. The zero-order chi connectivity index (χ0) is 27.1. The number of carbonyl (C=O) groups excluding carboxylic acids is 1. The molecular weight excluding hydrogens is 529 g/mol. The van der Waals surface area contributed by atoms with Crippen molar-refractivity contribution in [1.82, 2.24) is 9.88 Å². The van der Waals surface area contributed by atoms with Crippen molar-refractivity contribution < 1.29 is 9.53 Å². The Kier molecular flexibility index (Phi) is 7.62. The third-order valence-electron chi connectivity index (χ3n) is 6.11. The number of ether oxygens (including phenoxy) is 1. The molecule has 5 nitrogen and oxygen atoms in total. The van der Waals surface area contributed by atoms with Crippen molar-refractivity contribution in [3.63, 3.8) is 0 Å². The zero-order valence-corrected chi connectivity index (χ0v) is 24.2. The molecule has 3 aromatic carbocycles. The Morgan fingerprint density at radius 2 is 1.59 bits per heavy atom. The SMILES string of the molecule is CC(C)(C)N(C(=O)OCCNc1ccc2c([nH]c3ccc(Cl)cc32)c1-c1ccc(Cl)c(Cl)c1)C(C)(C)C. The number of amides is 1. The number of aromatic amines is 1. The van der Waals surface area contributed by atoms with Crippen molar-refractivity contribution in [3.05, 3.63) is 63.6 Å². The summed E-state index contributed by atoms with van der Waals surface area (Å²) in [6.07, 6.45) is -0.338. The number of hydrogen-bond acceptors (Lipinski definition) is 3. The first-order valence-electron chi connectivity index (χ1n) is 12.2. The summed E-state index contributed by atoms with van der Waals surface area (Å²) in [5.74, 6) is 0. The largest absolute Gasteiger partial charge is 0.448 e. The molecule has 0 aliphatic rings. The Bertz CT molecular complexity index is 1450. The first kappa shape index (κ1) is 27.4. The second kappa shape index (κ2) is 10.3. The summed E-state index contributed by atoms with van der Waals surface area (Å²) in [4.78, 5) is 18.2. The standard InChI is InChI=1S/C29H32Cl3N3O2/c1-28(2,3)35(29(4,5)6)27(36)37-14-13-33-24-12-9-19-20-16-18(30)8-11-23(20)34-26(19)25(24)17-7-10-21(31)22(32)15-17/h7-12,15-16,33-34H,13-14H2,1-6H3. The topological polar surface area (TPSA) is 57.4 Å². The lowest BCUT2D eigenvalue weighted by Crippen LogP contribution is -2.56. The second-order valence-corrected chi connectivity index (χ2v) is 12.3. The fraction of sp³-hybridized carbons (Fsp3) is 0.345. The van der Waals surface area contributed by atoms with Gasteiger partial charge in [0.05, 0.1) is 15.6 Å². The summed E-state index contributed by atoms with van der Waals surface area (Å²) in [5.41, 5.74) is 3.92. The molecule has 1 heterocycles. The van der Waals surface area contributed by atoms with Gasteiger partial charge < -0.3 is 15.0 Å². The van der Waals surface area contributed by atoms with Gasteiger partial charge in [0.1, 0.15) is 6.61 Å². The summed E-state index contributed by atoms with van der Waals surface area (Å²) >= 11 is 18.9. The summed E-state index contributed by atoms with van der Waals surface area (Å²) in [5, 5.41) is 7.16. The summed E-state index contributed by atoms with van der Waals surface area (Å²) < 4.78 is 5.67. The van der Waals surface area contributed by atoms with E-state index in [4.69, 9.17) is 39.5 Å². The van der Waals surface area contributed by atoms with Crippen LogP contribution in [0, 0.1) is 0 Å². The minimum absolute atomic E-state index is 0.211. The van der Waals surface area contributed by atoms with Crippen LogP contribution in [0.1, 0.15) is 41.5 Å². The summed E-state index contributed by atoms with van der Waals surface area (Å²) in [7, 11) is 0. The first-order chi connectivity index (χ1) is 17.3. The highest BCUT2D eigenvalue weighted by Gasteiger charge is 2.36. The molecule has 0 saturated heterocycles. The molecule has 8 heteroatoms. The van der Waals surface area contributed by atoms with Gasteiger partial charge >= 0.3 is 6.09 Å². The average Bonchev–Trinajstić information content (AvgIpc) is 3.14. The molecular formula is C29H32Cl3N3O2. The van der Waals surface area contributed by atoms with E-state index in [1.807, 2.05) is 77.9 Å². The molecule has 0 spiro atoms. The van der Waals surface area contributed by atoms with E-state index in [0.717, 1.165) is 38.6 Å². The smallest absolute Gasteiger partial charge is 0.410 e. The lowest BCUT2D eigenvalue weighted by molar-refractivity contribution is 0.0222. The lowest BCUT2D eigenvalue weighted by Gasteiger charge is -2.44. The molecule has 0 fully saturated rings. The van der Waals surface area contributed by atoms with Crippen molar-refractivity contribution in [1.29, 1.82) is 0 Å². The van der Waals surface area contributed by atoms with Crippen LogP contribution >= 0.6 is 34.8 Å². The van der Waals surface area contributed by atoms with Gasteiger partial charge in [0.2, 0.25) is 0 Å². The van der Waals surface area contributed by atoms with Crippen molar-refractivity contribution in [2.24, 2.45) is 0 Å². The number of anilines is 1. The maximum atomic E-state index is 12.9. The molecule has 0 aliphatic heterocycles. The maximum Gasteiger partial charge on any atom is 0.410 e. The van der Waals surface area contributed by atoms with Crippen LogP contribution in [0.2, 0.25) is 15.1 Å². The molecule has 0 radical (unpaired) electrons. The molecule has 0 bridgehead atoms. The normalized spacial score (nSPS) is 12.2. The predicted molar refractivity (Wildman–Crippen MR) is 157 cm³/mol. The average molecular weight is 561 g/mol. The second-order valence-electron chi connectivity index (χ2n) is 11.1. The fourth-order valence-electron chi connectivity index (χ4n) is 4.98. The molecule has 0 saturated carbocycles. The summed E-state index contributed by atoms with van der Waals surface area (Å²) in [6.45, 7) is 12.7. The van der Waals surface area contributed by atoms with Gasteiger partial charge in [-0.3, -0.25) is 4.90 Å². The van der Waals surface area contributed by atoms with Gasteiger partial charge in [-0.15, -0.1) is 0 Å². The van der Waals surface area contributed by atoms with Crippen molar-refractivity contribution >= 4 is 68.4 Å². The molecule has 4 rings (SSSR count). The molecule has 0 unspecified atom stereocenters. The number of carbonyl (C=O) groups is 1. The molecule has 1 amide bonds. The molecule has 37 heavy (non-hydrogen) atoms. The monoisotopic (exact) mass is 559 g/mol. The summed E-state index contributed by atoms with van der Waals surface area (Å²) in [6, 6.07) is 15.5. The van der Waals surface area contributed by atoms with E-state index >= 15 is 0 Å². The van der Waals surface area contributed by atoms with Gasteiger partial charge in [0.25, 0.3) is 0 Å². The van der Waals surface area contributed by atoms with E-state index in [1.165, 1.54) is 0 Å². The number of nitrogens with one attached hydrogen (secondary N) is 2. The van der Waals surface area contributed by atoms with Gasteiger partial charge in [-0.05, 0) is 83.5 Å². The molecule has 4 aromatic rings. The Morgan fingerprint density at radius 3 is 2.24 bits per heavy atom. The Labute approximate surface area is 233 Å². The Hall–Kier alpha value is -2.60. The van der Waals surface area contributed by atoms with Crippen molar-refractivity contribution in [2.75, 3.05) is 18.5 Å². The number of fused-ring (bicyclic) bond motifs is 3. The highest BCUT2D eigenvalue weighted by molar-refractivity contribution is 6.42. The number of H-pyrrole nitrogens is 1. The molecule has 2 N–H and O–H groups in total. The van der Waals surface area contributed by atoms with Crippen LogP contribution in [-0.4, -0.2) is 40.2 Å². The van der Waals surface area contributed by atoms with Crippen LogP contribution in [0.5, 0.6) is 0 Å². The van der Waals surface area contributed by atoms with Crippen LogP contribution in [0.4, 0.5) is 10.5 Å². The third kappa shape index (κ3) is 5.79. The molecule has 196 valence electrons. The van der Waals surface area contributed by atoms with E-state index in [-0.39, 0.29) is 23.8 Å². The lowest BCUT2D eigenvalue weighted by atomic mass is 9.97. The number of benzene rings is 3. The number of aromatic nitrogens is 1. The Morgan fingerprint density at radius 1 is 0.892 bits per heavy atom. The highest BCUT2D eigenvalue weighted by atomic mass is 35.5. The highest BCUT2D eigenvalue weighted by Crippen LogP contribution is 2.40. The number of halogens is 3. The van der Waals surface area contributed by atoms with E-state index in [2.05, 4.69) is 16.4 Å². The molecule has 0 aliphatic carbocycles. The Balaban J connectivity index is 1.65. The van der Waals surface area contributed by atoms with Gasteiger partial charge in [-0.25, -0.2) is 4.79 Å².